The fourth-order valence-corrected chi connectivity index (χ4v) is 3.79. The van der Waals surface area contributed by atoms with Crippen molar-refractivity contribution >= 4 is 40.4 Å². The topological polar surface area (TPSA) is 123 Å². The van der Waals surface area contributed by atoms with Crippen LogP contribution in [0.1, 0.15) is 28.0 Å². The Morgan fingerprint density at radius 1 is 1.25 bits per heavy atom. The van der Waals surface area contributed by atoms with Gasteiger partial charge in [-0.2, -0.15) is 5.26 Å². The lowest BCUT2D eigenvalue weighted by molar-refractivity contribution is -0.0964. The van der Waals surface area contributed by atoms with E-state index in [0.29, 0.717) is 42.4 Å². The molecule has 3 aromatic rings. The predicted octanol–water partition coefficient (Wildman–Crippen LogP) is 4.39. The number of ether oxygens (including phenoxy) is 1. The molecule has 186 valence electrons. The Labute approximate surface area is 210 Å². The molecule has 1 amide bonds. The second-order valence-corrected chi connectivity index (χ2v) is 8.60. The monoisotopic (exact) mass is 514 g/mol. The number of benzene rings is 1. The maximum Gasteiger partial charge on any atom is 0.487 e. The maximum absolute atomic E-state index is 12.9. The number of halogens is 3. The Kier molecular flexibility index (Phi) is 7.19. The summed E-state index contributed by atoms with van der Waals surface area (Å²) >= 11 is 4.76. The average molecular weight is 515 g/mol. The van der Waals surface area contributed by atoms with Crippen LogP contribution in [0.2, 0.25) is 0 Å². The highest BCUT2D eigenvalue weighted by Crippen LogP contribution is 2.32. The summed E-state index contributed by atoms with van der Waals surface area (Å²) in [4.78, 5) is 23.4. The number of hydrogen-bond donors (Lipinski definition) is 3. The van der Waals surface area contributed by atoms with Crippen LogP contribution >= 0.6 is 11.6 Å². The lowest BCUT2D eigenvalue weighted by Gasteiger charge is -2.22. The van der Waals surface area contributed by atoms with Crippen LogP contribution in [0.5, 0.6) is 5.75 Å². The molecule has 4 rings (SSSR count). The number of rotatable bonds is 7. The van der Waals surface area contributed by atoms with E-state index < -0.39 is 17.6 Å². The van der Waals surface area contributed by atoms with Crippen LogP contribution in [0.15, 0.2) is 48.8 Å². The Morgan fingerprint density at radius 3 is 2.64 bits per heavy atom. The first-order valence-corrected chi connectivity index (χ1v) is 11.2. The van der Waals surface area contributed by atoms with Gasteiger partial charge in [-0.1, -0.05) is 0 Å². The van der Waals surface area contributed by atoms with Gasteiger partial charge in [0, 0.05) is 42.8 Å². The van der Waals surface area contributed by atoms with Gasteiger partial charge in [-0.25, -0.2) is 9.97 Å². The molecule has 3 heterocycles. The molecule has 1 aliphatic heterocycles. The van der Waals surface area contributed by atoms with E-state index in [2.05, 4.69) is 25.3 Å². The van der Waals surface area contributed by atoms with Gasteiger partial charge in [-0.15, -0.1) is 8.78 Å². The van der Waals surface area contributed by atoms with Gasteiger partial charge in [0.05, 0.1) is 23.0 Å². The number of carbonyl (C=O) groups is 1. The summed E-state index contributed by atoms with van der Waals surface area (Å²) in [6.45, 7) is 2.78. The van der Waals surface area contributed by atoms with Gasteiger partial charge < -0.3 is 25.4 Å². The summed E-state index contributed by atoms with van der Waals surface area (Å²) in [7, 11) is 0. The normalized spacial score (nSPS) is 15.3. The molecular weight excluding hydrogens is 494 g/mol. The van der Waals surface area contributed by atoms with Crippen LogP contribution in [0.3, 0.4) is 0 Å². The van der Waals surface area contributed by atoms with Crippen molar-refractivity contribution in [2.75, 3.05) is 28.6 Å². The van der Waals surface area contributed by atoms with Crippen molar-refractivity contribution in [2.45, 2.75) is 25.0 Å². The molecule has 1 aromatic carbocycles. The number of aliphatic hydroxyl groups excluding tert-OH is 1. The SMILES string of the molecule is Cc1cnc(C#N)c(Nc2cc(C(=O)Nc3ccc(OC(F)(F)Cl)cc3)cnc2N2CCC(O)C2)c1. The molecular formula is C24H21ClF2N6O3. The third-order valence-electron chi connectivity index (χ3n) is 5.34. The van der Waals surface area contributed by atoms with Gasteiger partial charge in [-0.05, 0) is 55.3 Å². The number of anilines is 4. The number of alkyl halides is 3. The third-order valence-corrected chi connectivity index (χ3v) is 5.41. The van der Waals surface area contributed by atoms with Crippen molar-refractivity contribution in [3.05, 3.63) is 65.6 Å². The van der Waals surface area contributed by atoms with E-state index >= 15 is 0 Å². The summed E-state index contributed by atoms with van der Waals surface area (Å²) in [5.74, 6) is -0.159. The minimum absolute atomic E-state index is 0.168. The first kappa shape index (κ1) is 25.1. The number of nitrogens with zero attached hydrogens (tertiary/aromatic N) is 4. The quantitative estimate of drug-likeness (QED) is 0.397. The van der Waals surface area contributed by atoms with E-state index in [4.69, 9.17) is 11.6 Å². The Bertz CT molecular complexity index is 1310. The number of nitrogens with one attached hydrogen (secondary N) is 2. The molecule has 0 spiro atoms. The number of β-amino-alcohol motifs (C(OH)–C–C–N with tert-alkyl or cyclic N) is 1. The maximum atomic E-state index is 12.9. The minimum Gasteiger partial charge on any atom is -0.420 e. The lowest BCUT2D eigenvalue weighted by Crippen LogP contribution is -2.24. The molecule has 3 N–H and O–H groups in total. The van der Waals surface area contributed by atoms with Crippen molar-refractivity contribution in [2.24, 2.45) is 0 Å². The molecule has 0 aliphatic carbocycles. The Morgan fingerprint density at radius 2 is 2.00 bits per heavy atom. The number of amides is 1. The smallest absolute Gasteiger partial charge is 0.420 e. The van der Waals surface area contributed by atoms with Gasteiger partial charge in [0.25, 0.3) is 5.91 Å². The van der Waals surface area contributed by atoms with Gasteiger partial charge in [0.1, 0.15) is 11.8 Å². The number of pyridine rings is 2. The van der Waals surface area contributed by atoms with Crippen LogP contribution in [0, 0.1) is 18.3 Å². The molecule has 0 saturated carbocycles. The van der Waals surface area contributed by atoms with Crippen molar-refractivity contribution in [1.29, 1.82) is 5.26 Å². The largest absolute Gasteiger partial charge is 0.487 e. The first-order valence-electron chi connectivity index (χ1n) is 10.9. The van der Waals surface area contributed by atoms with Crippen molar-refractivity contribution in [3.8, 4) is 11.8 Å². The number of carbonyl (C=O) groups excluding carboxylic acids is 1. The molecule has 0 radical (unpaired) electrons. The van der Waals surface area contributed by atoms with E-state index in [9.17, 15) is 23.9 Å². The number of aliphatic hydroxyl groups is 1. The molecule has 1 unspecified atom stereocenters. The number of aromatic nitrogens is 2. The molecule has 2 aromatic heterocycles. The van der Waals surface area contributed by atoms with Crippen molar-refractivity contribution < 1.29 is 23.4 Å². The van der Waals surface area contributed by atoms with Gasteiger partial charge >= 0.3 is 5.57 Å². The van der Waals surface area contributed by atoms with E-state index in [1.807, 2.05) is 17.9 Å². The van der Waals surface area contributed by atoms with Crippen LogP contribution < -0.4 is 20.3 Å². The zero-order chi connectivity index (χ0) is 25.9. The summed E-state index contributed by atoms with van der Waals surface area (Å²) < 4.78 is 29.8. The third kappa shape index (κ3) is 6.16. The Hall–Kier alpha value is -4.01. The number of nitriles is 1. The Balaban J connectivity index is 1.60. The average Bonchev–Trinajstić information content (AvgIpc) is 3.25. The van der Waals surface area contributed by atoms with Crippen LogP contribution in [-0.2, 0) is 0 Å². The fourth-order valence-electron chi connectivity index (χ4n) is 3.70. The number of hydrogen-bond acceptors (Lipinski definition) is 8. The van der Waals surface area contributed by atoms with E-state index in [1.54, 1.807) is 18.3 Å². The molecule has 0 bridgehead atoms. The zero-order valence-electron chi connectivity index (χ0n) is 19.0. The van der Waals surface area contributed by atoms with Gasteiger partial charge in [0.15, 0.2) is 11.5 Å². The van der Waals surface area contributed by atoms with E-state index in [1.165, 1.54) is 30.5 Å². The standard InChI is InChI=1S/C24H21ClF2N6O3/c1-14-8-19(21(10-28)29-11-14)32-20-9-15(12-30-22(20)33-7-6-17(34)13-33)23(35)31-16-2-4-18(5-3-16)36-24(25,26)27/h2-5,8-9,11-12,17,32,34H,6-7,13H2,1H3,(H,31,35). The number of aryl methyl sites for hydroxylation is 1. The highest BCUT2D eigenvalue weighted by molar-refractivity contribution is 6.20. The summed E-state index contributed by atoms with van der Waals surface area (Å²) in [5.41, 5.74) is -1.40. The van der Waals surface area contributed by atoms with Crippen molar-refractivity contribution in [1.82, 2.24) is 9.97 Å². The molecule has 1 fully saturated rings. The fraction of sp³-hybridized carbons (Fsp3) is 0.250. The zero-order valence-corrected chi connectivity index (χ0v) is 19.8. The molecule has 1 saturated heterocycles. The van der Waals surface area contributed by atoms with E-state index in [-0.39, 0.29) is 17.0 Å². The second kappa shape index (κ2) is 10.3. The summed E-state index contributed by atoms with van der Waals surface area (Å²) in [6, 6.07) is 10.6. The predicted molar refractivity (Wildman–Crippen MR) is 130 cm³/mol. The van der Waals surface area contributed by atoms with E-state index in [0.717, 1.165) is 5.56 Å². The van der Waals surface area contributed by atoms with Gasteiger partial charge in [0.2, 0.25) is 0 Å². The second-order valence-electron chi connectivity index (χ2n) is 8.16. The summed E-state index contributed by atoms with van der Waals surface area (Å²) in [6.07, 6.45) is 3.05. The first-order chi connectivity index (χ1) is 17.1. The molecule has 1 aliphatic rings. The van der Waals surface area contributed by atoms with Gasteiger partial charge in [-0.3, -0.25) is 4.79 Å². The van der Waals surface area contributed by atoms with Crippen LogP contribution in [0.25, 0.3) is 0 Å². The molecule has 12 heteroatoms. The molecule has 9 nitrogen and oxygen atoms in total. The van der Waals surface area contributed by atoms with Crippen LogP contribution in [0.4, 0.5) is 31.7 Å². The van der Waals surface area contributed by atoms with Crippen LogP contribution in [-0.4, -0.2) is 45.7 Å². The minimum atomic E-state index is -3.84. The van der Waals surface area contributed by atoms with Crippen molar-refractivity contribution in [3.63, 3.8) is 0 Å². The summed E-state index contributed by atoms with van der Waals surface area (Å²) in [5, 5.41) is 25.3. The molecule has 1 atom stereocenters. The molecule has 36 heavy (non-hydrogen) atoms. The lowest BCUT2D eigenvalue weighted by atomic mass is 10.2. The highest BCUT2D eigenvalue weighted by atomic mass is 35.5. The highest BCUT2D eigenvalue weighted by Gasteiger charge is 2.28.